The molecule has 0 atom stereocenters. The van der Waals surface area contributed by atoms with Gasteiger partial charge >= 0.3 is 0 Å². The number of amides is 1. The smallest absolute Gasteiger partial charge is 0.254 e. The van der Waals surface area contributed by atoms with Crippen LogP contribution in [0.5, 0.6) is 0 Å². The molecule has 1 amide bonds. The highest BCUT2D eigenvalue weighted by molar-refractivity contribution is 9.10. The summed E-state index contributed by atoms with van der Waals surface area (Å²) in [6, 6.07) is 3.38. The maximum Gasteiger partial charge on any atom is 0.254 e. The van der Waals surface area contributed by atoms with E-state index in [9.17, 15) is 4.79 Å². The molecule has 1 rings (SSSR count). The second kappa shape index (κ2) is 4.91. The molecule has 1 aromatic rings. The second-order valence-electron chi connectivity index (χ2n) is 2.84. The lowest BCUT2D eigenvalue weighted by molar-refractivity contribution is 0.0810. The molecule has 14 heavy (non-hydrogen) atoms. The first kappa shape index (κ1) is 10.9. The minimum atomic E-state index is -0.0343. The molecule has 0 unspecified atom stereocenters. The average molecular weight is 255 g/mol. The molecular formula is C10H11BrN2O. The van der Waals surface area contributed by atoms with Crippen LogP contribution < -0.4 is 0 Å². The van der Waals surface area contributed by atoms with E-state index in [-0.39, 0.29) is 5.91 Å². The molecule has 3 nitrogen and oxygen atoms in total. The third-order valence-electron chi connectivity index (χ3n) is 1.72. The van der Waals surface area contributed by atoms with Crippen LogP contribution in [0.1, 0.15) is 10.4 Å². The van der Waals surface area contributed by atoms with Gasteiger partial charge in [-0.3, -0.25) is 4.79 Å². The highest BCUT2D eigenvalue weighted by atomic mass is 79.9. The topological polar surface area (TPSA) is 33.2 Å². The molecule has 0 saturated carbocycles. The lowest BCUT2D eigenvalue weighted by Crippen LogP contribution is -2.26. The van der Waals surface area contributed by atoms with Crippen molar-refractivity contribution in [3.05, 3.63) is 41.2 Å². The number of halogens is 1. The molecule has 4 heteroatoms. The van der Waals surface area contributed by atoms with E-state index in [2.05, 4.69) is 27.5 Å². The van der Waals surface area contributed by atoms with E-state index in [4.69, 9.17) is 0 Å². The van der Waals surface area contributed by atoms with Crippen LogP contribution in [0.25, 0.3) is 0 Å². The van der Waals surface area contributed by atoms with E-state index in [0.29, 0.717) is 16.7 Å². The normalized spacial score (nSPS) is 9.57. The molecule has 0 aromatic carbocycles. The summed E-state index contributed by atoms with van der Waals surface area (Å²) in [5.41, 5.74) is 0.622. The Bertz CT molecular complexity index is 352. The molecule has 0 aliphatic carbocycles. The first-order valence-electron chi connectivity index (χ1n) is 4.13. The van der Waals surface area contributed by atoms with E-state index < -0.39 is 0 Å². The van der Waals surface area contributed by atoms with Crippen LogP contribution in [0, 0.1) is 0 Å². The number of rotatable bonds is 3. The maximum absolute atomic E-state index is 11.7. The number of carbonyl (C=O) groups excluding carboxylic acids is 1. The van der Waals surface area contributed by atoms with Crippen LogP contribution in [-0.4, -0.2) is 29.4 Å². The molecule has 0 aliphatic heterocycles. The molecular weight excluding hydrogens is 244 g/mol. The number of aromatic nitrogens is 1. The monoisotopic (exact) mass is 254 g/mol. The number of pyridine rings is 1. The molecule has 0 fully saturated rings. The Labute approximate surface area is 91.6 Å². The standard InChI is InChI=1S/C10H11BrN2O/c1-3-6-13(2)10(14)8-4-5-12-9(11)7-8/h3-5,7H,1,6H2,2H3. The second-order valence-corrected chi connectivity index (χ2v) is 3.65. The Morgan fingerprint density at radius 3 is 3.07 bits per heavy atom. The Balaban J connectivity index is 2.83. The number of hydrogen-bond acceptors (Lipinski definition) is 2. The zero-order valence-corrected chi connectivity index (χ0v) is 9.49. The van der Waals surface area contributed by atoms with Gasteiger partial charge in [0.2, 0.25) is 0 Å². The molecule has 1 aromatic heterocycles. The molecule has 0 N–H and O–H groups in total. The van der Waals surface area contributed by atoms with E-state index in [1.807, 2.05) is 0 Å². The predicted molar refractivity (Wildman–Crippen MR) is 59.1 cm³/mol. The highest BCUT2D eigenvalue weighted by Crippen LogP contribution is 2.09. The van der Waals surface area contributed by atoms with E-state index in [1.54, 1.807) is 36.4 Å². The van der Waals surface area contributed by atoms with Gasteiger partial charge in [0.05, 0.1) is 0 Å². The molecule has 0 saturated heterocycles. The van der Waals surface area contributed by atoms with Crippen LogP contribution in [0.15, 0.2) is 35.6 Å². The van der Waals surface area contributed by atoms with E-state index in [0.717, 1.165) is 0 Å². The zero-order chi connectivity index (χ0) is 10.6. The van der Waals surface area contributed by atoms with Crippen LogP contribution in [0.3, 0.4) is 0 Å². The van der Waals surface area contributed by atoms with Crippen molar-refractivity contribution in [1.29, 1.82) is 0 Å². The van der Waals surface area contributed by atoms with Crippen molar-refractivity contribution in [2.24, 2.45) is 0 Å². The number of hydrogen-bond donors (Lipinski definition) is 0. The van der Waals surface area contributed by atoms with Crippen LogP contribution in [-0.2, 0) is 0 Å². The first-order chi connectivity index (χ1) is 6.65. The molecule has 1 heterocycles. The van der Waals surface area contributed by atoms with Crippen LogP contribution >= 0.6 is 15.9 Å². The van der Waals surface area contributed by atoms with Crippen molar-refractivity contribution < 1.29 is 4.79 Å². The van der Waals surface area contributed by atoms with Crippen molar-refractivity contribution in [1.82, 2.24) is 9.88 Å². The fourth-order valence-corrected chi connectivity index (χ4v) is 1.40. The van der Waals surface area contributed by atoms with Gasteiger partial charge in [0.1, 0.15) is 4.60 Å². The third-order valence-corrected chi connectivity index (χ3v) is 2.16. The van der Waals surface area contributed by atoms with Crippen LogP contribution in [0.2, 0.25) is 0 Å². The molecule has 74 valence electrons. The van der Waals surface area contributed by atoms with Crippen molar-refractivity contribution in [3.63, 3.8) is 0 Å². The number of carbonyl (C=O) groups is 1. The minimum absolute atomic E-state index is 0.0343. The fraction of sp³-hybridized carbons (Fsp3) is 0.200. The molecule has 0 spiro atoms. The average Bonchev–Trinajstić information content (AvgIpc) is 2.17. The van der Waals surface area contributed by atoms with Gasteiger partial charge in [-0.2, -0.15) is 0 Å². The quantitative estimate of drug-likeness (QED) is 0.612. The van der Waals surface area contributed by atoms with Crippen molar-refractivity contribution >= 4 is 21.8 Å². The third kappa shape index (κ3) is 2.67. The Hall–Kier alpha value is -1.16. The first-order valence-corrected chi connectivity index (χ1v) is 4.92. The van der Waals surface area contributed by atoms with Gasteiger partial charge in [-0.25, -0.2) is 4.98 Å². The van der Waals surface area contributed by atoms with Gasteiger partial charge in [-0.05, 0) is 28.1 Å². The Morgan fingerprint density at radius 1 is 1.79 bits per heavy atom. The van der Waals surface area contributed by atoms with Gasteiger partial charge < -0.3 is 4.90 Å². The summed E-state index contributed by atoms with van der Waals surface area (Å²) in [6.07, 6.45) is 3.28. The van der Waals surface area contributed by atoms with Gasteiger partial charge in [0.25, 0.3) is 5.91 Å². The number of likely N-dealkylation sites (N-methyl/N-ethyl adjacent to an activating group) is 1. The molecule has 0 radical (unpaired) electrons. The lowest BCUT2D eigenvalue weighted by Gasteiger charge is -2.14. The van der Waals surface area contributed by atoms with Crippen LogP contribution in [0.4, 0.5) is 0 Å². The minimum Gasteiger partial charge on any atom is -0.338 e. The SMILES string of the molecule is C=CCN(C)C(=O)c1ccnc(Br)c1. The highest BCUT2D eigenvalue weighted by Gasteiger charge is 2.10. The summed E-state index contributed by atoms with van der Waals surface area (Å²) in [6.45, 7) is 4.12. The predicted octanol–water partition coefficient (Wildman–Crippen LogP) is 2.10. The van der Waals surface area contributed by atoms with Gasteiger partial charge in [-0.1, -0.05) is 6.08 Å². The van der Waals surface area contributed by atoms with Gasteiger partial charge in [-0.15, -0.1) is 6.58 Å². The summed E-state index contributed by atoms with van der Waals surface area (Å²) in [5, 5.41) is 0. The van der Waals surface area contributed by atoms with Crippen molar-refractivity contribution in [2.45, 2.75) is 0 Å². The van der Waals surface area contributed by atoms with E-state index in [1.165, 1.54) is 0 Å². The summed E-state index contributed by atoms with van der Waals surface area (Å²) in [5.74, 6) is -0.0343. The largest absolute Gasteiger partial charge is 0.338 e. The Morgan fingerprint density at radius 2 is 2.50 bits per heavy atom. The zero-order valence-electron chi connectivity index (χ0n) is 7.90. The summed E-state index contributed by atoms with van der Waals surface area (Å²) in [4.78, 5) is 17.3. The van der Waals surface area contributed by atoms with Crippen molar-refractivity contribution in [3.8, 4) is 0 Å². The maximum atomic E-state index is 11.7. The summed E-state index contributed by atoms with van der Waals surface area (Å²) >= 11 is 3.22. The summed E-state index contributed by atoms with van der Waals surface area (Å²) in [7, 11) is 1.73. The Kier molecular flexibility index (Phi) is 3.83. The van der Waals surface area contributed by atoms with Gasteiger partial charge in [0.15, 0.2) is 0 Å². The van der Waals surface area contributed by atoms with Crippen molar-refractivity contribution in [2.75, 3.05) is 13.6 Å². The van der Waals surface area contributed by atoms with Gasteiger partial charge in [0, 0.05) is 25.4 Å². The van der Waals surface area contributed by atoms with E-state index >= 15 is 0 Å². The fourth-order valence-electron chi connectivity index (χ4n) is 1.03. The lowest BCUT2D eigenvalue weighted by atomic mass is 10.2. The molecule has 0 bridgehead atoms. The molecule has 0 aliphatic rings. The summed E-state index contributed by atoms with van der Waals surface area (Å²) < 4.78 is 0.662. The number of nitrogens with zero attached hydrogens (tertiary/aromatic N) is 2.